The first-order valence-electron chi connectivity index (χ1n) is 7.51. The first-order valence-corrected chi connectivity index (χ1v) is 7.51. The molecule has 1 N–H and O–H groups in total. The van der Waals surface area contributed by atoms with Gasteiger partial charge in [-0.15, -0.1) is 0 Å². The van der Waals surface area contributed by atoms with Crippen LogP contribution in [0.5, 0.6) is 0 Å². The number of aliphatic hydroxyl groups excluding tert-OH is 1. The number of rotatable bonds is 2. The largest absolute Gasteiger partial charge is 0.444 e. The maximum atomic E-state index is 12.5. The molecule has 2 atom stereocenters. The molecule has 0 aliphatic carbocycles. The summed E-state index contributed by atoms with van der Waals surface area (Å²) < 4.78 is 11.5. The Bertz CT molecular complexity index is 521. The summed E-state index contributed by atoms with van der Waals surface area (Å²) in [5.41, 5.74) is -0.519. The van der Waals surface area contributed by atoms with Gasteiger partial charge in [0.15, 0.2) is 0 Å². The molecule has 0 radical (unpaired) electrons. The van der Waals surface area contributed by atoms with Crippen molar-refractivity contribution in [2.45, 2.75) is 58.1 Å². The lowest BCUT2D eigenvalue weighted by atomic mass is 10.0. The summed E-state index contributed by atoms with van der Waals surface area (Å²) in [6.07, 6.45) is -0.858. The lowest BCUT2D eigenvalue weighted by Gasteiger charge is -2.34. The zero-order valence-corrected chi connectivity index (χ0v) is 13.9. The van der Waals surface area contributed by atoms with E-state index in [0.717, 1.165) is 5.56 Å². The third kappa shape index (κ3) is 3.42. The molecule has 0 bridgehead atoms. The van der Waals surface area contributed by atoms with Crippen molar-refractivity contribution in [3.05, 3.63) is 35.9 Å². The van der Waals surface area contributed by atoms with Crippen LogP contribution in [-0.2, 0) is 9.47 Å². The number of carbonyl (C=O) groups is 1. The molecule has 0 unspecified atom stereocenters. The molecule has 1 fully saturated rings. The molecular weight excluding hydrogens is 282 g/mol. The molecule has 0 aromatic heterocycles. The molecular formula is C17H25NO4. The molecule has 1 aromatic carbocycles. The molecule has 5 heteroatoms. The summed E-state index contributed by atoms with van der Waals surface area (Å²) in [5.74, 6) is 0. The van der Waals surface area contributed by atoms with Crippen molar-refractivity contribution in [1.29, 1.82) is 0 Å². The Labute approximate surface area is 131 Å². The predicted octanol–water partition coefficient (Wildman–Crippen LogP) is 3.09. The van der Waals surface area contributed by atoms with E-state index in [1.54, 1.807) is 0 Å². The molecule has 22 heavy (non-hydrogen) atoms. The summed E-state index contributed by atoms with van der Waals surface area (Å²) in [6.45, 7) is 8.87. The summed E-state index contributed by atoms with van der Waals surface area (Å²) in [6, 6.07) is 9.13. The van der Waals surface area contributed by atoms with E-state index in [2.05, 4.69) is 0 Å². The van der Waals surface area contributed by atoms with Crippen molar-refractivity contribution in [2.75, 3.05) is 6.61 Å². The Morgan fingerprint density at radius 1 is 1.32 bits per heavy atom. The Balaban J connectivity index is 2.31. The van der Waals surface area contributed by atoms with Crippen molar-refractivity contribution in [1.82, 2.24) is 4.90 Å². The number of benzene rings is 1. The zero-order chi connectivity index (χ0) is 16.5. The van der Waals surface area contributed by atoms with E-state index in [-0.39, 0.29) is 12.7 Å². The fourth-order valence-electron chi connectivity index (χ4n) is 2.76. The predicted molar refractivity (Wildman–Crippen MR) is 83.3 cm³/mol. The lowest BCUT2D eigenvalue weighted by molar-refractivity contribution is -0.0799. The molecule has 1 aromatic rings. The maximum absolute atomic E-state index is 12.5. The molecule has 2 rings (SSSR count). The van der Waals surface area contributed by atoms with Crippen LogP contribution in [0.25, 0.3) is 0 Å². The molecule has 1 saturated heterocycles. The molecule has 0 spiro atoms. The molecule has 0 saturated carbocycles. The quantitative estimate of drug-likeness (QED) is 0.912. The van der Waals surface area contributed by atoms with Gasteiger partial charge in [-0.25, -0.2) is 4.79 Å². The van der Waals surface area contributed by atoms with Gasteiger partial charge in [0.1, 0.15) is 17.4 Å². The van der Waals surface area contributed by atoms with Crippen molar-refractivity contribution < 1.29 is 19.4 Å². The van der Waals surface area contributed by atoms with Crippen LogP contribution in [0.1, 0.15) is 46.3 Å². The smallest absolute Gasteiger partial charge is 0.413 e. The van der Waals surface area contributed by atoms with Gasteiger partial charge in [0.2, 0.25) is 0 Å². The Kier molecular flexibility index (Phi) is 4.49. The van der Waals surface area contributed by atoms with Gasteiger partial charge >= 0.3 is 6.09 Å². The normalized spacial score (nSPS) is 24.4. The molecule has 1 amide bonds. The topological polar surface area (TPSA) is 59.0 Å². The van der Waals surface area contributed by atoms with Crippen LogP contribution in [0.3, 0.4) is 0 Å². The average Bonchev–Trinajstić information content (AvgIpc) is 2.68. The summed E-state index contributed by atoms with van der Waals surface area (Å²) in [5, 5.41) is 9.82. The van der Waals surface area contributed by atoms with Crippen LogP contribution in [0.2, 0.25) is 0 Å². The van der Waals surface area contributed by atoms with Gasteiger partial charge < -0.3 is 14.6 Å². The molecule has 122 valence electrons. The summed E-state index contributed by atoms with van der Waals surface area (Å²) >= 11 is 0. The van der Waals surface area contributed by atoms with Gasteiger partial charge in [-0.2, -0.15) is 0 Å². The van der Waals surface area contributed by atoms with Gasteiger partial charge in [-0.05, 0) is 40.2 Å². The fraction of sp³-hybridized carbons (Fsp3) is 0.588. The molecule has 5 nitrogen and oxygen atoms in total. The molecule has 1 heterocycles. The number of aliphatic hydroxyl groups is 1. The Morgan fingerprint density at radius 2 is 1.91 bits per heavy atom. The fourth-order valence-corrected chi connectivity index (χ4v) is 2.76. The highest BCUT2D eigenvalue weighted by molar-refractivity contribution is 5.70. The van der Waals surface area contributed by atoms with Gasteiger partial charge in [0, 0.05) is 0 Å². The lowest BCUT2D eigenvalue weighted by Crippen LogP contribution is -2.51. The highest BCUT2D eigenvalue weighted by Gasteiger charge is 2.51. The van der Waals surface area contributed by atoms with Crippen molar-refractivity contribution in [3.8, 4) is 0 Å². The van der Waals surface area contributed by atoms with E-state index < -0.39 is 23.5 Å². The second-order valence-corrected chi connectivity index (χ2v) is 7.00. The number of nitrogens with zero attached hydrogens (tertiary/aromatic N) is 1. The van der Waals surface area contributed by atoms with Gasteiger partial charge in [-0.1, -0.05) is 30.3 Å². The van der Waals surface area contributed by atoms with E-state index in [9.17, 15) is 9.90 Å². The van der Waals surface area contributed by atoms with Crippen LogP contribution in [0, 0.1) is 0 Å². The van der Waals surface area contributed by atoms with Crippen molar-refractivity contribution >= 4 is 6.09 Å². The van der Waals surface area contributed by atoms with E-state index >= 15 is 0 Å². The van der Waals surface area contributed by atoms with E-state index in [4.69, 9.17) is 9.47 Å². The van der Waals surface area contributed by atoms with Crippen LogP contribution in [0.15, 0.2) is 30.3 Å². The maximum Gasteiger partial charge on any atom is 0.413 e. The zero-order valence-electron chi connectivity index (χ0n) is 13.9. The number of amides is 1. The minimum Gasteiger partial charge on any atom is -0.444 e. The first kappa shape index (κ1) is 16.8. The highest BCUT2D eigenvalue weighted by atomic mass is 16.6. The first-order chi connectivity index (χ1) is 10.2. The monoisotopic (exact) mass is 307 g/mol. The van der Waals surface area contributed by atoms with E-state index in [1.165, 1.54) is 4.90 Å². The third-order valence-corrected chi connectivity index (χ3v) is 3.58. The van der Waals surface area contributed by atoms with Gasteiger partial charge in [0.25, 0.3) is 0 Å². The van der Waals surface area contributed by atoms with Crippen LogP contribution in [-0.4, -0.2) is 40.1 Å². The van der Waals surface area contributed by atoms with Crippen LogP contribution < -0.4 is 0 Å². The Morgan fingerprint density at radius 3 is 2.41 bits per heavy atom. The van der Waals surface area contributed by atoms with Gasteiger partial charge in [-0.3, -0.25) is 4.90 Å². The second kappa shape index (κ2) is 5.89. The Hall–Kier alpha value is -1.59. The van der Waals surface area contributed by atoms with Gasteiger partial charge in [0.05, 0.1) is 12.6 Å². The minimum absolute atomic E-state index is 0.192. The van der Waals surface area contributed by atoms with Crippen LogP contribution in [0.4, 0.5) is 4.79 Å². The number of hydrogen-bond donors (Lipinski definition) is 1. The van der Waals surface area contributed by atoms with Crippen molar-refractivity contribution in [3.63, 3.8) is 0 Å². The minimum atomic E-state index is -0.851. The number of carbonyl (C=O) groups excluding carboxylic acids is 1. The SMILES string of the molecule is CC(C)(C)OC(=O)N1[C@@H](CO)[C@@H](c2ccccc2)OC1(C)C. The van der Waals surface area contributed by atoms with E-state index in [1.807, 2.05) is 65.0 Å². The second-order valence-electron chi connectivity index (χ2n) is 7.00. The van der Waals surface area contributed by atoms with Crippen molar-refractivity contribution in [2.24, 2.45) is 0 Å². The summed E-state index contributed by atoms with van der Waals surface area (Å²) in [7, 11) is 0. The van der Waals surface area contributed by atoms with Crippen LogP contribution >= 0.6 is 0 Å². The standard InChI is InChI=1S/C17H25NO4/c1-16(2,3)22-15(20)18-13(11-19)14(21-17(18,4)5)12-9-7-6-8-10-12/h6-10,13-14,19H,11H2,1-5H3/t13-,14+/m0/s1. The third-order valence-electron chi connectivity index (χ3n) is 3.58. The molecule has 1 aliphatic rings. The van der Waals surface area contributed by atoms with E-state index in [0.29, 0.717) is 0 Å². The molecule has 1 aliphatic heterocycles. The summed E-state index contributed by atoms with van der Waals surface area (Å²) in [4.78, 5) is 14.0. The highest BCUT2D eigenvalue weighted by Crippen LogP contribution is 2.41. The number of hydrogen-bond acceptors (Lipinski definition) is 4. The average molecular weight is 307 g/mol. The number of ether oxygens (including phenoxy) is 2.